The number of aliphatic hydroxyl groups excluding tert-OH is 3. The maximum atomic E-state index is 15.4. The van der Waals surface area contributed by atoms with Gasteiger partial charge in [-0.3, -0.25) is 57.5 Å². The number of carbonyl (C=O) groups excluding carboxylic acids is 10. The number of carboxylic acids is 2. The molecule has 5 rings (SSSR count). The molecule has 4 aromatic carbocycles. The van der Waals surface area contributed by atoms with E-state index < -0.39 is 175 Å². The summed E-state index contributed by atoms with van der Waals surface area (Å²) in [6.45, 7) is 9.93. The van der Waals surface area contributed by atoms with E-state index in [0.717, 1.165) is 86.9 Å². The summed E-state index contributed by atoms with van der Waals surface area (Å²) in [5.41, 5.74) is 13.0. The number of H-pyrrole nitrogens is 1. The fraction of sp³-hybridized carbons (Fsp3) is 0.471. The normalized spacial score (nSPS) is 14.5. The number of aliphatic hydroxyl groups is 3. The monoisotopic (exact) mass is 1450 g/mol. The second-order valence-electron chi connectivity index (χ2n) is 26.0. The lowest BCUT2D eigenvalue weighted by Crippen LogP contribution is -2.67. The molecular weight excluding hydrogens is 1360 g/mol. The summed E-state index contributed by atoms with van der Waals surface area (Å²) >= 11 is 0. The molecule has 10 atom stereocenters. The molecule has 0 saturated carbocycles. The van der Waals surface area contributed by atoms with Crippen molar-refractivity contribution in [1.29, 1.82) is 0 Å². The molecule has 0 bridgehead atoms. The number of hydrogen-bond acceptors (Lipinski definition) is 20. The number of carboxylic acid groups (broad SMARTS) is 2. The Morgan fingerprint density at radius 3 is 1.84 bits per heavy atom. The number of benzene rings is 4. The highest BCUT2D eigenvalue weighted by Gasteiger charge is 2.43. The van der Waals surface area contributed by atoms with Gasteiger partial charge >= 0.3 is 11.9 Å². The fourth-order valence-corrected chi connectivity index (χ4v) is 10.9. The number of nitrogens with zero attached hydrogens (tertiary/aromatic N) is 3. The van der Waals surface area contributed by atoms with Gasteiger partial charge in [0.15, 0.2) is 5.82 Å². The van der Waals surface area contributed by atoms with Crippen molar-refractivity contribution in [2.75, 3.05) is 26.3 Å². The van der Waals surface area contributed by atoms with Crippen LogP contribution in [-0.2, 0) is 89.6 Å². The number of primary amides is 1. The minimum atomic E-state index is -2.40. The summed E-state index contributed by atoms with van der Waals surface area (Å²) in [5.74, 6) is -15.4. The number of unbranched alkanes of at least 4 members (excludes halogenated alkanes) is 1. The number of halogens is 1. The van der Waals surface area contributed by atoms with Crippen molar-refractivity contribution >= 4 is 71.0 Å². The summed E-state index contributed by atoms with van der Waals surface area (Å²) in [6.07, 6.45) is -3.07. The van der Waals surface area contributed by atoms with Crippen molar-refractivity contribution in [1.82, 2.24) is 68.5 Å². The second-order valence-corrected chi connectivity index (χ2v) is 26.0. The predicted molar refractivity (Wildman–Crippen MR) is 372 cm³/mol. The largest absolute Gasteiger partial charge is 0.494 e. The van der Waals surface area contributed by atoms with Gasteiger partial charge in [0.1, 0.15) is 64.8 Å². The first-order valence-electron chi connectivity index (χ1n) is 33.6. The number of ether oxygens (including phenoxy) is 1. The van der Waals surface area contributed by atoms with Crippen LogP contribution in [0.5, 0.6) is 5.75 Å². The number of rotatable bonds is 42. The third kappa shape index (κ3) is 25.3. The molecule has 1 aromatic heterocycles. The average molecular weight is 1450 g/mol. The van der Waals surface area contributed by atoms with Gasteiger partial charge in [-0.15, -0.1) is 10.2 Å². The van der Waals surface area contributed by atoms with E-state index in [1.165, 1.54) is 18.2 Å². The van der Waals surface area contributed by atoms with Crippen LogP contribution in [0.3, 0.4) is 0 Å². The number of tetrazole rings is 1. The predicted octanol–water partition coefficient (Wildman–Crippen LogP) is -1.44. The standard InChI is InChI=1S/C70H94FN15O18/c1-9-43-31-46(104-26-13-12-25-72)23-24-47(43)44-21-19-41(20-22-44)30-50(61(95)75-49(59(73)93)18-14-15-42-28-37(2)27-38(3)29-42)76-62(96)52(33-56(91)92)77-63(97)53(36-87)78-64(98)57(39(4)88)81-67(101)70(8,34-45-16-10-11-17-48(45)71)82-65(99)58(40(5)89)80-55(90)35-74-60(94)51(32-54-83-85-86-84-54)79-66(100)69(6,7)68(102)103/h10-11,16-17,19-24,27-29,31,39-40,49-53,57-58,87-89H,9,12-15,18,25-26,30,32-36,72H2,1-8H3,(H2,73,93)(H,74,94)(H,75,95)(H,76,96)(H,77,97)(H,78,98)(H,79,100)(H,80,90)(H,81,101)(H,82,99)(H,91,92)(H,102,103)(H,83,84,85,86)/t39-,40-,49+,50+,51+,52+,53+,57+,58+,70+/m1/s1. The summed E-state index contributed by atoms with van der Waals surface area (Å²) < 4.78 is 21.4. The van der Waals surface area contributed by atoms with Crippen molar-refractivity contribution in [3.63, 3.8) is 0 Å². The fourth-order valence-electron chi connectivity index (χ4n) is 10.9. The number of aryl methyl sites for hydroxylation is 4. The first kappa shape index (κ1) is 83.8. The van der Waals surface area contributed by atoms with E-state index in [-0.39, 0.29) is 24.2 Å². The van der Waals surface area contributed by atoms with Gasteiger partial charge < -0.3 is 89.6 Å². The Kier molecular flexibility index (Phi) is 31.9. The molecule has 0 unspecified atom stereocenters. The van der Waals surface area contributed by atoms with Crippen molar-refractivity contribution in [2.24, 2.45) is 16.9 Å². The Hall–Kier alpha value is -10.8. The molecule has 1 heterocycles. The molecule has 0 fully saturated rings. The second kappa shape index (κ2) is 39.5. The summed E-state index contributed by atoms with van der Waals surface area (Å²) in [7, 11) is 0. The van der Waals surface area contributed by atoms with Crippen molar-refractivity contribution in [3.8, 4) is 16.9 Å². The molecule has 0 aliphatic carbocycles. The van der Waals surface area contributed by atoms with Crippen molar-refractivity contribution in [3.05, 3.63) is 130 Å². The number of aromatic amines is 1. The molecule has 0 saturated heterocycles. The van der Waals surface area contributed by atoms with Gasteiger partial charge in [-0.25, -0.2) is 4.39 Å². The van der Waals surface area contributed by atoms with Crippen LogP contribution in [0.25, 0.3) is 11.1 Å². The van der Waals surface area contributed by atoms with Gasteiger partial charge in [-0.2, -0.15) is 5.21 Å². The van der Waals surface area contributed by atoms with Gasteiger partial charge in [0.05, 0.1) is 38.4 Å². The highest BCUT2D eigenvalue weighted by atomic mass is 19.1. The topological polar surface area (TPSA) is 530 Å². The lowest BCUT2D eigenvalue weighted by Gasteiger charge is -2.34. The lowest BCUT2D eigenvalue weighted by molar-refractivity contribution is -0.154. The molecule has 5 aromatic rings. The Morgan fingerprint density at radius 1 is 0.644 bits per heavy atom. The first-order valence-corrected chi connectivity index (χ1v) is 33.6. The maximum absolute atomic E-state index is 15.4. The van der Waals surface area contributed by atoms with E-state index in [1.807, 2.05) is 57.2 Å². The molecule has 104 heavy (non-hydrogen) atoms. The zero-order valence-corrected chi connectivity index (χ0v) is 59.1. The number of aromatic nitrogens is 4. The minimum Gasteiger partial charge on any atom is -0.494 e. The Bertz CT molecular complexity index is 3820. The first-order chi connectivity index (χ1) is 49.1. The summed E-state index contributed by atoms with van der Waals surface area (Å²) in [5, 5.41) is 85.7. The van der Waals surface area contributed by atoms with Gasteiger partial charge in [0.25, 0.3) is 0 Å². The zero-order chi connectivity index (χ0) is 77.2. The van der Waals surface area contributed by atoms with E-state index >= 15 is 4.39 Å². The number of amides is 10. The number of aliphatic carboxylic acids is 2. The SMILES string of the molecule is CCc1cc(OCCCCN)ccc1-c1ccc(C[C@H](NC(=O)[C@H](CC(=O)O)NC(=O)[C@H](CO)NC(=O)[C@@H](NC(=O)[C@](C)(Cc2ccccc2F)NC(=O)[C@@H](NC(=O)CNC(=O)[C@H](Cc2nn[nH]n2)NC(=O)C(C)(C)C(=O)O)[C@@H](C)O)[C@@H](C)O)C(=O)N[C@@H](CCCc2cc(C)cc(C)c2)C(N)=O)cc1. The van der Waals surface area contributed by atoms with Crippen LogP contribution in [0.15, 0.2) is 84.9 Å². The number of nitrogens with one attached hydrogen (secondary N) is 10. The van der Waals surface area contributed by atoms with Crippen LogP contribution in [0.4, 0.5) is 4.39 Å². The van der Waals surface area contributed by atoms with E-state index in [2.05, 4.69) is 68.5 Å². The minimum absolute atomic E-state index is 0.0762. The Morgan fingerprint density at radius 2 is 1.25 bits per heavy atom. The maximum Gasteiger partial charge on any atom is 0.318 e. The van der Waals surface area contributed by atoms with Crippen LogP contribution < -0.4 is 64.1 Å². The Balaban J connectivity index is 1.36. The molecule has 564 valence electrons. The lowest BCUT2D eigenvalue weighted by atomic mass is 9.90. The van der Waals surface area contributed by atoms with E-state index in [4.69, 9.17) is 16.2 Å². The highest BCUT2D eigenvalue weighted by molar-refractivity contribution is 6.03. The number of carbonyl (C=O) groups is 12. The molecule has 0 spiro atoms. The van der Waals surface area contributed by atoms with E-state index in [1.54, 1.807) is 24.3 Å². The van der Waals surface area contributed by atoms with E-state index in [0.29, 0.717) is 43.7 Å². The molecule has 33 nitrogen and oxygen atoms in total. The molecular formula is C70H94FN15O18. The molecule has 10 amide bonds. The summed E-state index contributed by atoms with van der Waals surface area (Å²) in [6, 6.07) is 10.9. The molecule has 0 aliphatic rings. The van der Waals surface area contributed by atoms with Gasteiger partial charge in [0, 0.05) is 19.3 Å². The molecule has 19 N–H and O–H groups in total. The van der Waals surface area contributed by atoms with Crippen molar-refractivity contribution in [2.45, 2.75) is 180 Å². The van der Waals surface area contributed by atoms with Crippen molar-refractivity contribution < 1.29 is 92.2 Å². The third-order valence-corrected chi connectivity index (χ3v) is 16.8. The van der Waals surface area contributed by atoms with Gasteiger partial charge in [-0.05, 0) is 145 Å². The summed E-state index contributed by atoms with van der Waals surface area (Å²) in [4.78, 5) is 163. The Labute approximate surface area is 599 Å². The van der Waals surface area contributed by atoms with Crippen LogP contribution in [-0.4, -0.2) is 204 Å². The van der Waals surface area contributed by atoms with E-state index in [9.17, 15) is 83.1 Å². The molecule has 0 radical (unpaired) electrons. The van der Waals surface area contributed by atoms with Crippen LogP contribution in [0, 0.1) is 25.1 Å². The quantitative estimate of drug-likeness (QED) is 0.0157. The van der Waals surface area contributed by atoms with Crippen LogP contribution >= 0.6 is 0 Å². The number of hydrogen-bond donors (Lipinski definition) is 17. The van der Waals surface area contributed by atoms with Gasteiger partial charge in [-0.1, -0.05) is 90.0 Å². The number of nitrogens with two attached hydrogens (primary N) is 2. The smallest absolute Gasteiger partial charge is 0.318 e. The van der Waals surface area contributed by atoms with Gasteiger partial charge in [0.2, 0.25) is 59.1 Å². The average Bonchev–Trinajstić information content (AvgIpc) is 0.954. The van der Waals surface area contributed by atoms with Crippen LogP contribution in [0.2, 0.25) is 0 Å². The molecule has 34 heteroatoms. The third-order valence-electron chi connectivity index (χ3n) is 16.8. The highest BCUT2D eigenvalue weighted by Crippen LogP contribution is 2.29. The van der Waals surface area contributed by atoms with Crippen LogP contribution in [0.1, 0.15) is 113 Å². The zero-order valence-electron chi connectivity index (χ0n) is 59.1. The molecule has 0 aliphatic heterocycles.